The number of hydrogen-bond donors (Lipinski definition) is 1. The first-order valence-corrected chi connectivity index (χ1v) is 10.3. The predicted molar refractivity (Wildman–Crippen MR) is 110 cm³/mol. The lowest BCUT2D eigenvalue weighted by Crippen LogP contribution is -2.12. The lowest BCUT2D eigenvalue weighted by atomic mass is 10.1. The van der Waals surface area contributed by atoms with Crippen molar-refractivity contribution in [2.75, 3.05) is 5.32 Å². The summed E-state index contributed by atoms with van der Waals surface area (Å²) in [6.45, 7) is 4.87. The fraction of sp³-hybridized carbons (Fsp3) is 0.350. The number of aromatic nitrogens is 3. The van der Waals surface area contributed by atoms with Crippen molar-refractivity contribution in [1.29, 1.82) is 0 Å². The van der Waals surface area contributed by atoms with Gasteiger partial charge in [-0.2, -0.15) is 0 Å². The molecule has 1 aromatic carbocycles. The fourth-order valence-corrected chi connectivity index (χ4v) is 4.64. The molecule has 3 heterocycles. The highest BCUT2D eigenvalue weighted by molar-refractivity contribution is 7.12. The number of nitrogens with one attached hydrogen (secondary N) is 1. The van der Waals surface area contributed by atoms with Gasteiger partial charge in [0.1, 0.15) is 5.82 Å². The molecule has 1 aliphatic heterocycles. The van der Waals surface area contributed by atoms with E-state index < -0.39 is 0 Å². The molecule has 1 N–H and O–H groups in total. The zero-order valence-corrected chi connectivity index (χ0v) is 17.0. The molecule has 2 aromatic heterocycles. The van der Waals surface area contributed by atoms with E-state index in [1.165, 1.54) is 6.42 Å². The summed E-state index contributed by atoms with van der Waals surface area (Å²) in [6.07, 6.45) is 4.40. The van der Waals surface area contributed by atoms with Gasteiger partial charge in [0, 0.05) is 34.0 Å². The maximum atomic E-state index is 12.6. The van der Waals surface area contributed by atoms with Gasteiger partial charge < -0.3 is 9.88 Å². The van der Waals surface area contributed by atoms with Crippen molar-refractivity contribution >= 4 is 34.5 Å². The molecule has 1 aliphatic rings. The molecule has 0 bridgehead atoms. The van der Waals surface area contributed by atoms with Gasteiger partial charge in [-0.15, -0.1) is 21.5 Å². The number of nitrogens with zero attached hydrogens (tertiary/aromatic N) is 3. The van der Waals surface area contributed by atoms with Crippen LogP contribution < -0.4 is 5.32 Å². The minimum absolute atomic E-state index is 0.106. The number of benzene rings is 1. The van der Waals surface area contributed by atoms with Crippen LogP contribution >= 0.6 is 22.9 Å². The third-order valence-corrected chi connectivity index (χ3v) is 6.16. The zero-order chi connectivity index (χ0) is 19.0. The van der Waals surface area contributed by atoms with E-state index in [0.29, 0.717) is 16.3 Å². The maximum Gasteiger partial charge on any atom is 0.256 e. The normalized spacial score (nSPS) is 13.9. The number of fused-ring (bicyclic) bond motifs is 1. The Kier molecular flexibility index (Phi) is 5.02. The fourth-order valence-electron chi connectivity index (χ4n) is 3.51. The third-order valence-electron chi connectivity index (χ3n) is 4.86. The Hall–Kier alpha value is -2.18. The number of carbonyl (C=O) groups is 1. The topological polar surface area (TPSA) is 59.8 Å². The number of hydrogen-bond acceptors (Lipinski definition) is 4. The van der Waals surface area contributed by atoms with Gasteiger partial charge in [-0.25, -0.2) is 0 Å². The van der Waals surface area contributed by atoms with Gasteiger partial charge in [-0.05, 0) is 51.0 Å². The molecule has 0 saturated heterocycles. The van der Waals surface area contributed by atoms with Gasteiger partial charge in [-0.3, -0.25) is 4.79 Å². The van der Waals surface area contributed by atoms with E-state index in [1.54, 1.807) is 17.4 Å². The predicted octanol–water partition coefficient (Wildman–Crippen LogP) is 5.26. The Bertz CT molecular complexity index is 1010. The first-order valence-electron chi connectivity index (χ1n) is 9.13. The molecule has 0 spiro atoms. The second kappa shape index (κ2) is 7.44. The van der Waals surface area contributed by atoms with Gasteiger partial charge in [0.25, 0.3) is 5.91 Å². The summed E-state index contributed by atoms with van der Waals surface area (Å²) in [4.78, 5) is 14.8. The van der Waals surface area contributed by atoms with E-state index in [9.17, 15) is 4.79 Å². The number of rotatable bonds is 3. The van der Waals surface area contributed by atoms with Crippen molar-refractivity contribution in [3.8, 4) is 11.4 Å². The van der Waals surface area contributed by atoms with Gasteiger partial charge >= 0.3 is 0 Å². The highest BCUT2D eigenvalue weighted by atomic mass is 35.5. The lowest BCUT2D eigenvalue weighted by Gasteiger charge is -2.11. The molecule has 4 rings (SSSR count). The Morgan fingerprint density at radius 2 is 2.04 bits per heavy atom. The molecule has 3 aromatic rings. The molecule has 0 aliphatic carbocycles. The number of amides is 1. The smallest absolute Gasteiger partial charge is 0.256 e. The van der Waals surface area contributed by atoms with E-state index in [4.69, 9.17) is 11.6 Å². The summed E-state index contributed by atoms with van der Waals surface area (Å²) in [5.41, 5.74) is 2.22. The van der Waals surface area contributed by atoms with Crippen LogP contribution in [0, 0.1) is 13.8 Å². The molecule has 5 nitrogen and oxygen atoms in total. The van der Waals surface area contributed by atoms with Crippen LogP contribution in [-0.2, 0) is 13.0 Å². The molecule has 140 valence electrons. The number of carbonyl (C=O) groups excluding carboxylic acids is 1. The summed E-state index contributed by atoms with van der Waals surface area (Å²) in [6, 6.07) is 7.43. The van der Waals surface area contributed by atoms with Crippen LogP contribution in [0.15, 0.2) is 24.3 Å². The summed E-state index contributed by atoms with van der Waals surface area (Å²) in [5.74, 6) is 1.68. The highest BCUT2D eigenvalue weighted by Crippen LogP contribution is 2.32. The Balaban J connectivity index is 1.65. The Morgan fingerprint density at radius 1 is 1.19 bits per heavy atom. The lowest BCUT2D eigenvalue weighted by molar-refractivity contribution is 0.102. The number of aryl methyl sites for hydroxylation is 3. The quantitative estimate of drug-likeness (QED) is 0.652. The van der Waals surface area contributed by atoms with Crippen molar-refractivity contribution in [2.45, 2.75) is 46.1 Å². The standard InChI is InChI=1S/C20H21ClN4OS/c1-12-10-15(13(2)27-12)20(26)22-14-7-8-17(21)16(11-14)19-24-23-18-6-4-3-5-9-25(18)19/h7-8,10-11H,3-6,9H2,1-2H3,(H,22,26). The van der Waals surface area contributed by atoms with Crippen LogP contribution in [0.3, 0.4) is 0 Å². The number of anilines is 1. The average molecular weight is 401 g/mol. The van der Waals surface area contributed by atoms with Crippen molar-refractivity contribution in [3.05, 3.63) is 50.4 Å². The minimum Gasteiger partial charge on any atom is -0.322 e. The second-order valence-corrected chi connectivity index (χ2v) is 8.75. The average Bonchev–Trinajstić information content (AvgIpc) is 3.10. The third kappa shape index (κ3) is 3.64. The van der Waals surface area contributed by atoms with Crippen LogP contribution in [0.5, 0.6) is 0 Å². The van der Waals surface area contributed by atoms with Gasteiger partial charge in [0.2, 0.25) is 0 Å². The molecule has 0 unspecified atom stereocenters. The Labute approximate surface area is 167 Å². The van der Waals surface area contributed by atoms with Gasteiger partial charge in [0.05, 0.1) is 10.6 Å². The van der Waals surface area contributed by atoms with Crippen LogP contribution in [-0.4, -0.2) is 20.7 Å². The highest BCUT2D eigenvalue weighted by Gasteiger charge is 2.19. The minimum atomic E-state index is -0.106. The first-order chi connectivity index (χ1) is 13.0. The SMILES string of the molecule is Cc1cc(C(=O)Nc2ccc(Cl)c(-c3nnc4n3CCCCC4)c2)c(C)s1. The van der Waals surface area contributed by atoms with Crippen LogP contribution in [0.2, 0.25) is 5.02 Å². The van der Waals surface area contributed by atoms with E-state index >= 15 is 0 Å². The summed E-state index contributed by atoms with van der Waals surface area (Å²) >= 11 is 8.09. The first kappa shape index (κ1) is 18.2. The van der Waals surface area contributed by atoms with E-state index in [2.05, 4.69) is 20.1 Å². The second-order valence-electron chi connectivity index (χ2n) is 6.88. The molecule has 0 radical (unpaired) electrons. The maximum absolute atomic E-state index is 12.6. The van der Waals surface area contributed by atoms with Crippen LogP contribution in [0.4, 0.5) is 5.69 Å². The van der Waals surface area contributed by atoms with Gasteiger partial charge in [-0.1, -0.05) is 18.0 Å². The molecule has 0 fully saturated rings. The molecule has 27 heavy (non-hydrogen) atoms. The summed E-state index contributed by atoms with van der Waals surface area (Å²) in [5, 5.41) is 12.3. The molecule has 7 heteroatoms. The largest absolute Gasteiger partial charge is 0.322 e. The van der Waals surface area contributed by atoms with Crippen LogP contribution in [0.25, 0.3) is 11.4 Å². The van der Waals surface area contributed by atoms with Crippen molar-refractivity contribution < 1.29 is 4.79 Å². The Morgan fingerprint density at radius 3 is 2.81 bits per heavy atom. The monoisotopic (exact) mass is 400 g/mol. The zero-order valence-electron chi connectivity index (χ0n) is 15.4. The summed E-state index contributed by atoms with van der Waals surface area (Å²) in [7, 11) is 0. The molecule has 0 saturated carbocycles. The van der Waals surface area contributed by atoms with Crippen molar-refractivity contribution in [1.82, 2.24) is 14.8 Å². The molecule has 1 amide bonds. The molecular weight excluding hydrogens is 380 g/mol. The molecular formula is C20H21ClN4OS. The number of thiophene rings is 1. The van der Waals surface area contributed by atoms with Crippen molar-refractivity contribution in [2.24, 2.45) is 0 Å². The van der Waals surface area contributed by atoms with E-state index in [0.717, 1.165) is 52.8 Å². The van der Waals surface area contributed by atoms with Crippen molar-refractivity contribution in [3.63, 3.8) is 0 Å². The van der Waals surface area contributed by atoms with Crippen LogP contribution in [0.1, 0.15) is 45.2 Å². The summed E-state index contributed by atoms with van der Waals surface area (Å²) < 4.78 is 2.16. The van der Waals surface area contributed by atoms with E-state index in [-0.39, 0.29) is 5.91 Å². The number of halogens is 1. The van der Waals surface area contributed by atoms with Gasteiger partial charge in [0.15, 0.2) is 5.82 Å². The van der Waals surface area contributed by atoms with E-state index in [1.807, 2.05) is 32.0 Å². The molecule has 0 atom stereocenters.